The van der Waals surface area contributed by atoms with E-state index in [1.807, 2.05) is 43.5 Å². The van der Waals surface area contributed by atoms with Crippen molar-refractivity contribution >= 4 is 29.0 Å². The fraction of sp³-hybridized carbons (Fsp3) is 0.353. The molecule has 0 saturated heterocycles. The second kappa shape index (κ2) is 8.44. The highest BCUT2D eigenvalue weighted by Crippen LogP contribution is 2.19. The van der Waals surface area contributed by atoms with Crippen LogP contribution in [0.15, 0.2) is 35.8 Å². The van der Waals surface area contributed by atoms with Crippen molar-refractivity contribution in [2.75, 3.05) is 11.9 Å². The fourth-order valence-electron chi connectivity index (χ4n) is 2.30. The number of para-hydroxylation sites is 1. The lowest BCUT2D eigenvalue weighted by molar-refractivity contribution is -0.129. The number of benzene rings is 1. The molecule has 0 aliphatic carbocycles. The smallest absolute Gasteiger partial charge is 0.319 e. The van der Waals surface area contributed by atoms with Gasteiger partial charge in [0.1, 0.15) is 5.01 Å². The van der Waals surface area contributed by atoms with Gasteiger partial charge in [-0.15, -0.1) is 11.3 Å². The van der Waals surface area contributed by atoms with Gasteiger partial charge in [-0.1, -0.05) is 18.2 Å². The topological polar surface area (TPSA) is 74.3 Å². The fourth-order valence-corrected chi connectivity index (χ4v) is 2.94. The van der Waals surface area contributed by atoms with Crippen molar-refractivity contribution in [3.05, 3.63) is 46.4 Å². The van der Waals surface area contributed by atoms with Crippen molar-refractivity contribution in [2.24, 2.45) is 0 Å². The Kier molecular flexibility index (Phi) is 6.31. The molecular formula is C17H22N4O2S. The van der Waals surface area contributed by atoms with Crippen LogP contribution in [0.1, 0.15) is 37.4 Å². The Hall–Kier alpha value is -2.41. The van der Waals surface area contributed by atoms with E-state index < -0.39 is 0 Å². The number of amides is 3. The quantitative estimate of drug-likeness (QED) is 0.842. The molecule has 0 aliphatic heterocycles. The van der Waals surface area contributed by atoms with Crippen LogP contribution in [0.25, 0.3) is 0 Å². The summed E-state index contributed by atoms with van der Waals surface area (Å²) >= 11 is 1.50. The summed E-state index contributed by atoms with van der Waals surface area (Å²) in [5.74, 6) is 0.00847. The summed E-state index contributed by atoms with van der Waals surface area (Å²) in [7, 11) is 0. The second-order valence-corrected chi connectivity index (χ2v) is 6.31. The first-order valence-corrected chi connectivity index (χ1v) is 8.69. The zero-order chi connectivity index (χ0) is 17.5. The highest BCUT2D eigenvalue weighted by Gasteiger charge is 2.14. The van der Waals surface area contributed by atoms with Crippen LogP contribution < -0.4 is 10.6 Å². The van der Waals surface area contributed by atoms with E-state index >= 15 is 0 Å². The average Bonchev–Trinajstić information content (AvgIpc) is 3.08. The van der Waals surface area contributed by atoms with Gasteiger partial charge in [-0.25, -0.2) is 9.78 Å². The molecule has 0 saturated carbocycles. The molecule has 1 heterocycles. The lowest BCUT2D eigenvalue weighted by Gasteiger charge is -2.21. The predicted molar refractivity (Wildman–Crippen MR) is 95.9 cm³/mol. The summed E-state index contributed by atoms with van der Waals surface area (Å²) < 4.78 is 0. The van der Waals surface area contributed by atoms with E-state index in [1.54, 1.807) is 18.0 Å². The van der Waals surface area contributed by atoms with E-state index in [1.165, 1.54) is 11.3 Å². The monoisotopic (exact) mass is 346 g/mol. The summed E-state index contributed by atoms with van der Waals surface area (Å²) in [6.45, 7) is 6.45. The molecule has 2 N–H and O–H groups in total. The number of anilines is 1. The van der Waals surface area contributed by atoms with Gasteiger partial charge < -0.3 is 15.5 Å². The van der Waals surface area contributed by atoms with Crippen LogP contribution in [-0.2, 0) is 11.3 Å². The third kappa shape index (κ3) is 4.79. The van der Waals surface area contributed by atoms with Gasteiger partial charge in [0.15, 0.2) is 0 Å². The zero-order valence-electron chi connectivity index (χ0n) is 14.1. The molecule has 1 aromatic heterocycles. The van der Waals surface area contributed by atoms with Crippen molar-refractivity contribution in [2.45, 2.75) is 33.4 Å². The first-order valence-electron chi connectivity index (χ1n) is 7.81. The number of hydrogen-bond acceptors (Lipinski definition) is 4. The number of nitrogens with zero attached hydrogens (tertiary/aromatic N) is 2. The Morgan fingerprint density at radius 3 is 2.71 bits per heavy atom. The number of thiazole rings is 1. The maximum Gasteiger partial charge on any atom is 0.319 e. The number of nitrogens with one attached hydrogen (secondary N) is 2. The summed E-state index contributed by atoms with van der Waals surface area (Å²) in [6.07, 6.45) is 1.71. The molecule has 2 rings (SSSR count). The van der Waals surface area contributed by atoms with Gasteiger partial charge in [-0.2, -0.15) is 0 Å². The van der Waals surface area contributed by atoms with Crippen molar-refractivity contribution in [3.63, 3.8) is 0 Å². The lowest BCUT2D eigenvalue weighted by atomic mass is 10.1. The Labute approximate surface area is 145 Å². The molecule has 2 aromatic rings. The molecule has 1 atom stereocenters. The van der Waals surface area contributed by atoms with Crippen molar-refractivity contribution < 1.29 is 9.59 Å². The molecule has 3 amide bonds. The molecule has 6 nitrogen and oxygen atoms in total. The van der Waals surface area contributed by atoms with Gasteiger partial charge in [-0.3, -0.25) is 4.79 Å². The van der Waals surface area contributed by atoms with Crippen LogP contribution in [0.5, 0.6) is 0 Å². The molecule has 24 heavy (non-hydrogen) atoms. The van der Waals surface area contributed by atoms with Crippen LogP contribution >= 0.6 is 11.3 Å². The maximum atomic E-state index is 12.2. The summed E-state index contributed by atoms with van der Waals surface area (Å²) in [5.41, 5.74) is 1.59. The first-order chi connectivity index (χ1) is 11.5. The summed E-state index contributed by atoms with van der Waals surface area (Å²) in [6, 6.07) is 7.03. The summed E-state index contributed by atoms with van der Waals surface area (Å²) in [5, 5.41) is 8.46. The molecule has 0 radical (unpaired) electrons. The van der Waals surface area contributed by atoms with Gasteiger partial charge in [0.2, 0.25) is 5.91 Å². The second-order valence-electron chi connectivity index (χ2n) is 5.38. The molecule has 0 bridgehead atoms. The number of aromatic nitrogens is 1. The molecule has 0 unspecified atom stereocenters. The van der Waals surface area contributed by atoms with E-state index in [0.717, 1.165) is 10.6 Å². The number of rotatable bonds is 6. The first kappa shape index (κ1) is 17.9. The molecule has 0 fully saturated rings. The average molecular weight is 346 g/mol. The number of carbonyl (C=O) groups is 2. The maximum absolute atomic E-state index is 12.2. The molecular weight excluding hydrogens is 324 g/mol. The molecule has 7 heteroatoms. The Morgan fingerprint density at radius 2 is 2.08 bits per heavy atom. The highest BCUT2D eigenvalue weighted by atomic mass is 32.1. The van der Waals surface area contributed by atoms with Crippen molar-refractivity contribution in [1.29, 1.82) is 0 Å². The van der Waals surface area contributed by atoms with E-state index in [4.69, 9.17) is 0 Å². The number of carbonyl (C=O) groups excluding carboxylic acids is 2. The SMILES string of the molecule is CCN(Cc1ccccc1NC(=O)N[C@H](C)c1nccs1)C(C)=O. The molecule has 1 aromatic carbocycles. The lowest BCUT2D eigenvalue weighted by Crippen LogP contribution is -2.32. The van der Waals surface area contributed by atoms with Gasteiger partial charge >= 0.3 is 6.03 Å². The minimum absolute atomic E-state index is 0.00847. The molecule has 128 valence electrons. The van der Waals surface area contributed by atoms with Crippen LogP contribution in [0.4, 0.5) is 10.5 Å². The van der Waals surface area contributed by atoms with Gasteiger partial charge in [-0.05, 0) is 25.5 Å². The van der Waals surface area contributed by atoms with Gasteiger partial charge in [0.25, 0.3) is 0 Å². The van der Waals surface area contributed by atoms with Crippen LogP contribution in [0, 0.1) is 0 Å². The standard InChI is InChI=1S/C17H22N4O2S/c1-4-21(13(3)22)11-14-7-5-6-8-15(14)20-17(23)19-12(2)16-18-9-10-24-16/h5-10,12H,4,11H2,1-3H3,(H2,19,20,23)/t12-/m1/s1. The van der Waals surface area contributed by atoms with E-state index in [9.17, 15) is 9.59 Å². The third-order valence-electron chi connectivity index (χ3n) is 3.62. The molecule has 0 aliphatic rings. The van der Waals surface area contributed by atoms with Gasteiger partial charge in [0, 0.05) is 37.3 Å². The minimum Gasteiger partial charge on any atom is -0.339 e. The van der Waals surface area contributed by atoms with Crippen LogP contribution in [0.2, 0.25) is 0 Å². The number of hydrogen-bond donors (Lipinski definition) is 2. The normalized spacial score (nSPS) is 11.6. The van der Waals surface area contributed by atoms with Crippen LogP contribution in [-0.4, -0.2) is 28.4 Å². The largest absolute Gasteiger partial charge is 0.339 e. The highest BCUT2D eigenvalue weighted by molar-refractivity contribution is 7.09. The molecule has 0 spiro atoms. The Balaban J connectivity index is 2.04. The van der Waals surface area contributed by atoms with Crippen molar-refractivity contribution in [1.82, 2.24) is 15.2 Å². The van der Waals surface area contributed by atoms with E-state index in [2.05, 4.69) is 15.6 Å². The number of urea groups is 1. The third-order valence-corrected chi connectivity index (χ3v) is 4.58. The van der Waals surface area contributed by atoms with E-state index in [-0.39, 0.29) is 18.0 Å². The minimum atomic E-state index is -0.295. The summed E-state index contributed by atoms with van der Waals surface area (Å²) in [4.78, 5) is 29.8. The van der Waals surface area contributed by atoms with Gasteiger partial charge in [0.05, 0.1) is 6.04 Å². The predicted octanol–water partition coefficient (Wildman–Crippen LogP) is 3.39. The van der Waals surface area contributed by atoms with Crippen molar-refractivity contribution in [3.8, 4) is 0 Å². The zero-order valence-corrected chi connectivity index (χ0v) is 14.9. The van der Waals surface area contributed by atoms with Crippen LogP contribution in [0.3, 0.4) is 0 Å². The Bertz CT molecular complexity index is 688. The Morgan fingerprint density at radius 1 is 1.33 bits per heavy atom. The van der Waals surface area contributed by atoms with E-state index in [0.29, 0.717) is 18.8 Å².